The van der Waals surface area contributed by atoms with Crippen molar-refractivity contribution in [1.29, 1.82) is 5.26 Å². The zero-order valence-corrected chi connectivity index (χ0v) is 14.6. The Hall–Kier alpha value is -2.88. The molecule has 0 fully saturated rings. The number of ether oxygens (including phenoxy) is 2. The van der Waals surface area contributed by atoms with Crippen LogP contribution >= 0.6 is 0 Å². The molecule has 1 heterocycles. The van der Waals surface area contributed by atoms with Gasteiger partial charge >= 0.3 is 11.9 Å². The fourth-order valence-electron chi connectivity index (χ4n) is 2.84. The molecule has 0 amide bonds. The minimum Gasteiger partial charge on any atom is -0.466 e. The second kappa shape index (κ2) is 7.79. The molecule has 25 heavy (non-hydrogen) atoms. The van der Waals surface area contributed by atoms with Crippen molar-refractivity contribution in [1.82, 2.24) is 9.55 Å². The Labute approximate surface area is 146 Å². The third-order valence-corrected chi connectivity index (χ3v) is 3.93. The van der Waals surface area contributed by atoms with Gasteiger partial charge in [-0.2, -0.15) is 5.26 Å². The maximum absolute atomic E-state index is 12.1. The molecule has 0 spiro atoms. The van der Waals surface area contributed by atoms with Crippen molar-refractivity contribution >= 4 is 23.0 Å². The van der Waals surface area contributed by atoms with Gasteiger partial charge in [-0.15, -0.1) is 0 Å². The van der Waals surface area contributed by atoms with Crippen molar-refractivity contribution in [2.45, 2.75) is 32.1 Å². The average molecular weight is 343 g/mol. The second-order valence-corrected chi connectivity index (χ2v) is 5.64. The van der Waals surface area contributed by atoms with Crippen LogP contribution in [0.4, 0.5) is 0 Å². The molecule has 2 rings (SSSR count). The first-order valence-corrected chi connectivity index (χ1v) is 8.11. The number of carbonyl (C=O) groups excluding carboxylic acids is 2. The Morgan fingerprint density at radius 3 is 2.20 bits per heavy atom. The first-order chi connectivity index (χ1) is 12.0. The molecule has 0 radical (unpaired) electrons. The molecule has 2 aromatic rings. The molecule has 7 nitrogen and oxygen atoms in total. The topological polar surface area (TPSA) is 94.2 Å². The van der Waals surface area contributed by atoms with E-state index in [-0.39, 0.29) is 26.1 Å². The average Bonchev–Trinajstić information content (AvgIpc) is 2.92. The number of hydrogen-bond donors (Lipinski definition) is 0. The zero-order chi connectivity index (χ0) is 18.4. The van der Waals surface area contributed by atoms with E-state index in [0.29, 0.717) is 11.3 Å². The highest BCUT2D eigenvalue weighted by atomic mass is 16.5. The minimum absolute atomic E-state index is 0.197. The van der Waals surface area contributed by atoms with Crippen LogP contribution in [0.2, 0.25) is 0 Å². The van der Waals surface area contributed by atoms with E-state index in [0.717, 1.165) is 5.52 Å². The van der Waals surface area contributed by atoms with Crippen LogP contribution in [0.5, 0.6) is 0 Å². The third kappa shape index (κ3) is 3.79. The highest BCUT2D eigenvalue weighted by Crippen LogP contribution is 2.33. The van der Waals surface area contributed by atoms with Gasteiger partial charge in [-0.25, -0.2) is 4.98 Å². The summed E-state index contributed by atoms with van der Waals surface area (Å²) in [5, 5.41) is 9.89. The van der Waals surface area contributed by atoms with Crippen LogP contribution in [0.1, 0.15) is 32.5 Å². The Bertz CT molecular complexity index is 799. The van der Waals surface area contributed by atoms with Crippen molar-refractivity contribution in [2.24, 2.45) is 7.05 Å². The van der Waals surface area contributed by atoms with E-state index in [4.69, 9.17) is 9.47 Å². The van der Waals surface area contributed by atoms with Crippen LogP contribution < -0.4 is 0 Å². The van der Waals surface area contributed by atoms with Crippen molar-refractivity contribution in [3.05, 3.63) is 30.1 Å². The molecule has 0 N–H and O–H groups in total. The Morgan fingerprint density at radius 2 is 1.72 bits per heavy atom. The van der Waals surface area contributed by atoms with E-state index in [1.807, 2.05) is 24.3 Å². The Kier molecular flexibility index (Phi) is 5.75. The second-order valence-electron chi connectivity index (χ2n) is 5.64. The number of hydrogen-bond acceptors (Lipinski definition) is 6. The van der Waals surface area contributed by atoms with Gasteiger partial charge in [-0.3, -0.25) is 9.59 Å². The molecule has 0 unspecified atom stereocenters. The van der Waals surface area contributed by atoms with Gasteiger partial charge in [0.2, 0.25) is 0 Å². The molecular formula is C18H21N3O4. The number of aryl methyl sites for hydroxylation is 1. The molecular weight excluding hydrogens is 322 g/mol. The Balaban J connectivity index is 2.55. The van der Waals surface area contributed by atoms with Gasteiger partial charge in [0.15, 0.2) is 0 Å². The molecule has 132 valence electrons. The smallest absolute Gasteiger partial charge is 0.307 e. The summed E-state index contributed by atoms with van der Waals surface area (Å²) >= 11 is 0. The van der Waals surface area contributed by atoms with Crippen LogP contribution in [0.15, 0.2) is 24.3 Å². The number of nitriles is 1. The number of esters is 2. The van der Waals surface area contributed by atoms with Crippen LogP contribution in [0.25, 0.3) is 11.0 Å². The van der Waals surface area contributed by atoms with E-state index in [1.54, 1.807) is 25.5 Å². The van der Waals surface area contributed by atoms with Gasteiger partial charge in [-0.05, 0) is 26.0 Å². The lowest BCUT2D eigenvalue weighted by Crippen LogP contribution is -2.35. The molecule has 7 heteroatoms. The molecule has 0 bridgehead atoms. The SMILES string of the molecule is CCOC(=O)CC(C#N)(CC(=O)OCC)c1nc2ccccc2n1C. The maximum atomic E-state index is 12.1. The molecule has 0 atom stereocenters. The largest absolute Gasteiger partial charge is 0.466 e. The van der Waals surface area contributed by atoms with E-state index in [2.05, 4.69) is 11.1 Å². The summed E-state index contributed by atoms with van der Waals surface area (Å²) in [6, 6.07) is 9.50. The van der Waals surface area contributed by atoms with Gasteiger partial charge in [0.25, 0.3) is 0 Å². The lowest BCUT2D eigenvalue weighted by atomic mass is 9.81. The first-order valence-electron chi connectivity index (χ1n) is 8.11. The van der Waals surface area contributed by atoms with Crippen molar-refractivity contribution in [3.8, 4) is 6.07 Å². The normalized spacial score (nSPS) is 11.1. The van der Waals surface area contributed by atoms with Gasteiger partial charge in [0.1, 0.15) is 11.2 Å². The summed E-state index contributed by atoms with van der Waals surface area (Å²) in [7, 11) is 1.76. The highest BCUT2D eigenvalue weighted by Gasteiger charge is 2.42. The number of nitrogens with zero attached hydrogens (tertiary/aromatic N) is 3. The van der Waals surface area contributed by atoms with Crippen LogP contribution in [0.3, 0.4) is 0 Å². The third-order valence-electron chi connectivity index (χ3n) is 3.93. The predicted octanol–water partition coefficient (Wildman–Crippen LogP) is 2.24. The number of para-hydroxylation sites is 2. The highest BCUT2D eigenvalue weighted by molar-refractivity contribution is 5.80. The number of rotatable bonds is 7. The summed E-state index contributed by atoms with van der Waals surface area (Å²) in [6.45, 7) is 3.77. The first kappa shape index (κ1) is 18.5. The number of benzene rings is 1. The summed E-state index contributed by atoms with van der Waals surface area (Å²) in [6.07, 6.45) is -0.541. The molecule has 0 saturated heterocycles. The minimum atomic E-state index is -1.45. The van der Waals surface area contributed by atoms with Gasteiger partial charge < -0.3 is 14.0 Å². The number of carbonyl (C=O) groups is 2. The van der Waals surface area contributed by atoms with E-state index < -0.39 is 17.4 Å². The van der Waals surface area contributed by atoms with Gasteiger partial charge in [0.05, 0.1) is 43.2 Å². The molecule has 1 aromatic carbocycles. The standard InChI is InChI=1S/C18H21N3O4/c1-4-24-15(22)10-18(12-19,11-16(23)25-5-2)17-20-13-8-6-7-9-14(13)21(17)3/h6-9H,4-5,10-11H2,1-3H3. The van der Waals surface area contributed by atoms with Crippen LogP contribution in [-0.2, 0) is 31.5 Å². The molecule has 1 aromatic heterocycles. The molecule has 0 aliphatic heterocycles. The number of aromatic nitrogens is 2. The van der Waals surface area contributed by atoms with Crippen molar-refractivity contribution < 1.29 is 19.1 Å². The molecule has 0 aliphatic carbocycles. The quantitative estimate of drug-likeness (QED) is 0.716. The number of fused-ring (bicyclic) bond motifs is 1. The molecule has 0 saturated carbocycles. The fourth-order valence-corrected chi connectivity index (χ4v) is 2.84. The summed E-state index contributed by atoms with van der Waals surface area (Å²) in [4.78, 5) is 28.7. The van der Waals surface area contributed by atoms with Crippen molar-refractivity contribution in [2.75, 3.05) is 13.2 Å². The fraction of sp³-hybridized carbons (Fsp3) is 0.444. The summed E-state index contributed by atoms with van der Waals surface area (Å²) in [5.41, 5.74) is 0.0453. The van der Waals surface area contributed by atoms with E-state index >= 15 is 0 Å². The monoisotopic (exact) mass is 343 g/mol. The van der Waals surface area contributed by atoms with Crippen LogP contribution in [-0.4, -0.2) is 34.7 Å². The number of imidazole rings is 1. The van der Waals surface area contributed by atoms with Gasteiger partial charge in [-0.1, -0.05) is 12.1 Å². The maximum Gasteiger partial charge on any atom is 0.307 e. The van der Waals surface area contributed by atoms with E-state index in [1.165, 1.54) is 0 Å². The van der Waals surface area contributed by atoms with Crippen molar-refractivity contribution in [3.63, 3.8) is 0 Å². The lowest BCUT2D eigenvalue weighted by Gasteiger charge is -2.24. The van der Waals surface area contributed by atoms with Gasteiger partial charge in [0, 0.05) is 7.05 Å². The Morgan fingerprint density at radius 1 is 1.16 bits per heavy atom. The van der Waals surface area contributed by atoms with E-state index in [9.17, 15) is 14.9 Å². The zero-order valence-electron chi connectivity index (χ0n) is 14.6. The summed E-state index contributed by atoms with van der Waals surface area (Å²) < 4.78 is 11.7. The molecule has 0 aliphatic rings. The summed E-state index contributed by atoms with van der Waals surface area (Å²) in [5.74, 6) is -0.766. The lowest BCUT2D eigenvalue weighted by molar-refractivity contribution is -0.147. The predicted molar refractivity (Wildman–Crippen MR) is 90.5 cm³/mol. The van der Waals surface area contributed by atoms with Crippen LogP contribution in [0, 0.1) is 11.3 Å².